The number of hydrogen-bond acceptors (Lipinski definition) is 15. The van der Waals surface area contributed by atoms with Gasteiger partial charge in [0, 0.05) is 19.3 Å². The number of esters is 4. The lowest BCUT2D eigenvalue weighted by Crippen LogP contribution is -2.30. The smallest absolute Gasteiger partial charge is 0.462 e. The molecule has 0 fully saturated rings. The normalized spacial score (nSPS) is 14.7. The van der Waals surface area contributed by atoms with E-state index >= 15 is 0 Å². The average molecular weight is 1420 g/mol. The lowest BCUT2D eigenvalue weighted by molar-refractivity contribution is -0.161. The molecule has 19 heteroatoms. The fraction of sp³-hybridized carbons (Fsp3) is 0.671. The van der Waals surface area contributed by atoms with Crippen LogP contribution in [0.1, 0.15) is 285 Å². The Morgan fingerprint density at radius 1 is 0.306 bits per heavy atom. The number of phosphoric ester groups is 2. The molecule has 0 radical (unpaired) electrons. The number of aliphatic hydroxyl groups is 1. The van der Waals surface area contributed by atoms with Gasteiger partial charge in [-0.05, 0) is 135 Å². The van der Waals surface area contributed by atoms with Gasteiger partial charge < -0.3 is 33.8 Å². The molecule has 0 bridgehead atoms. The number of phosphoric acid groups is 2. The Hall–Kier alpha value is -4.80. The molecular weight excluding hydrogens is 1280 g/mol. The summed E-state index contributed by atoms with van der Waals surface area (Å²) < 4.78 is 68.2. The zero-order chi connectivity index (χ0) is 71.8. The first-order valence-electron chi connectivity index (χ1n) is 37.4. The van der Waals surface area contributed by atoms with Crippen LogP contribution >= 0.6 is 15.6 Å². The van der Waals surface area contributed by atoms with E-state index in [-0.39, 0.29) is 25.7 Å². The van der Waals surface area contributed by atoms with Crippen molar-refractivity contribution in [3.05, 3.63) is 134 Å². The van der Waals surface area contributed by atoms with Crippen molar-refractivity contribution < 1.29 is 80.2 Å². The molecular formula is C79H132O17P2. The van der Waals surface area contributed by atoms with E-state index in [4.69, 9.17) is 37.0 Å². The van der Waals surface area contributed by atoms with Gasteiger partial charge in [0.1, 0.15) is 19.3 Å². The molecule has 0 heterocycles. The van der Waals surface area contributed by atoms with Crippen molar-refractivity contribution in [2.24, 2.45) is 0 Å². The van der Waals surface area contributed by atoms with Gasteiger partial charge in [-0.1, -0.05) is 258 Å². The van der Waals surface area contributed by atoms with Crippen molar-refractivity contribution in [3.63, 3.8) is 0 Å². The fourth-order valence-corrected chi connectivity index (χ4v) is 11.0. The first-order chi connectivity index (χ1) is 47.7. The minimum absolute atomic E-state index is 0.0618. The molecule has 0 amide bonds. The molecule has 0 aliphatic rings. The maximum atomic E-state index is 13.1. The van der Waals surface area contributed by atoms with Crippen molar-refractivity contribution in [2.75, 3.05) is 39.6 Å². The molecule has 0 rings (SSSR count). The van der Waals surface area contributed by atoms with Crippen molar-refractivity contribution >= 4 is 39.5 Å². The second-order valence-corrected chi connectivity index (χ2v) is 27.4. The van der Waals surface area contributed by atoms with Gasteiger partial charge in [-0.3, -0.25) is 37.3 Å². The van der Waals surface area contributed by atoms with E-state index in [9.17, 15) is 43.2 Å². The monoisotopic (exact) mass is 1410 g/mol. The van der Waals surface area contributed by atoms with Crippen molar-refractivity contribution in [1.82, 2.24) is 0 Å². The Kier molecular flexibility index (Phi) is 67.2. The van der Waals surface area contributed by atoms with E-state index in [1.54, 1.807) is 6.08 Å². The second-order valence-electron chi connectivity index (χ2n) is 24.5. The van der Waals surface area contributed by atoms with Crippen LogP contribution in [0.5, 0.6) is 0 Å². The standard InChI is InChI=1S/C79H132O17P2/c1-5-9-13-17-21-25-29-32-35-36-39-41-45-48-52-56-60-64-77(82)90-70-75(96-79(84)66-62-58-54-50-46-42-38-34-31-27-23-19-15-11-7-3)72-94-98(87,88)92-68-73(80)67-91-97(85,86)93-71-74(95-78(83)65-61-57-53-49-43-28-24-20-16-12-8-4)69-89-76(81)63-59-55-51-47-44-40-37-33-30-26-22-18-14-10-6-2/h9-10,13-14,20-27,32-35,37-38,44,47,55,59,73-75,80H,5-8,11-12,15-19,28-31,36,39-43,45-46,48-54,56-58,60-72H2,1-4H3,(H,85,86)(H,87,88)/b13-9-,14-10-,24-20-,25-21-,26-22-,27-23-,35-32-,37-33-,38-34-,47-44-,59-55-. The number of carbonyl (C=O) groups excluding carboxylic acids is 4. The molecule has 0 aliphatic heterocycles. The first kappa shape index (κ1) is 93.2. The molecule has 17 nitrogen and oxygen atoms in total. The van der Waals surface area contributed by atoms with E-state index in [0.29, 0.717) is 25.7 Å². The highest BCUT2D eigenvalue weighted by Gasteiger charge is 2.30. The molecule has 5 atom stereocenters. The third kappa shape index (κ3) is 69.7. The number of unbranched alkanes of at least 4 members (excludes halogenated alkanes) is 22. The summed E-state index contributed by atoms with van der Waals surface area (Å²) in [6.07, 6.45) is 77.7. The molecule has 3 N–H and O–H groups in total. The highest BCUT2D eigenvalue weighted by atomic mass is 31.2. The zero-order valence-corrected chi connectivity index (χ0v) is 62.7. The highest BCUT2D eigenvalue weighted by Crippen LogP contribution is 2.45. The Balaban J connectivity index is 5.41. The van der Waals surface area contributed by atoms with Crippen molar-refractivity contribution in [2.45, 2.75) is 303 Å². The van der Waals surface area contributed by atoms with Crippen molar-refractivity contribution in [1.29, 1.82) is 0 Å². The van der Waals surface area contributed by atoms with E-state index in [1.165, 1.54) is 32.1 Å². The van der Waals surface area contributed by atoms with Crippen LogP contribution < -0.4 is 0 Å². The average Bonchev–Trinajstić information content (AvgIpc) is 0.985. The predicted molar refractivity (Wildman–Crippen MR) is 399 cm³/mol. The van der Waals surface area contributed by atoms with Crippen LogP contribution in [0.15, 0.2) is 134 Å². The van der Waals surface area contributed by atoms with Gasteiger partial charge in [0.2, 0.25) is 0 Å². The molecule has 98 heavy (non-hydrogen) atoms. The van der Waals surface area contributed by atoms with Crippen LogP contribution in [0.25, 0.3) is 0 Å². The van der Waals surface area contributed by atoms with Gasteiger partial charge in [-0.15, -0.1) is 0 Å². The summed E-state index contributed by atoms with van der Waals surface area (Å²) in [4.78, 5) is 72.7. The summed E-state index contributed by atoms with van der Waals surface area (Å²) in [7, 11) is -9.98. The molecule has 0 saturated carbocycles. The Bertz CT molecular complexity index is 2380. The third-order valence-corrected chi connectivity index (χ3v) is 17.0. The number of carbonyl (C=O) groups is 4. The number of hydrogen-bond donors (Lipinski definition) is 3. The molecule has 0 aromatic rings. The molecule has 0 aromatic carbocycles. The van der Waals surface area contributed by atoms with E-state index in [0.717, 1.165) is 173 Å². The van der Waals surface area contributed by atoms with E-state index < -0.39 is 97.5 Å². The maximum Gasteiger partial charge on any atom is 0.472 e. The largest absolute Gasteiger partial charge is 0.472 e. The van der Waals surface area contributed by atoms with Crippen LogP contribution in [0.2, 0.25) is 0 Å². The van der Waals surface area contributed by atoms with Gasteiger partial charge in [0.25, 0.3) is 0 Å². The van der Waals surface area contributed by atoms with Crippen LogP contribution in [0.4, 0.5) is 0 Å². The van der Waals surface area contributed by atoms with Gasteiger partial charge in [-0.25, -0.2) is 9.13 Å². The first-order valence-corrected chi connectivity index (χ1v) is 40.4. The summed E-state index contributed by atoms with van der Waals surface area (Å²) >= 11 is 0. The van der Waals surface area contributed by atoms with Crippen LogP contribution in [0.3, 0.4) is 0 Å². The van der Waals surface area contributed by atoms with Crippen molar-refractivity contribution in [3.8, 4) is 0 Å². The van der Waals surface area contributed by atoms with Gasteiger partial charge >= 0.3 is 39.5 Å². The van der Waals surface area contributed by atoms with Crippen LogP contribution in [0, 0.1) is 0 Å². The predicted octanol–water partition coefficient (Wildman–Crippen LogP) is 21.3. The lowest BCUT2D eigenvalue weighted by atomic mass is 10.1. The number of allylic oxidation sites excluding steroid dienone is 21. The summed E-state index contributed by atoms with van der Waals surface area (Å²) in [6, 6.07) is 0. The fourth-order valence-electron chi connectivity index (χ4n) is 9.44. The Labute approximate surface area is 593 Å². The Morgan fingerprint density at radius 3 is 0.949 bits per heavy atom. The second kappa shape index (κ2) is 70.6. The van der Waals surface area contributed by atoms with Crippen LogP contribution in [-0.2, 0) is 65.4 Å². The topological polar surface area (TPSA) is 237 Å². The minimum atomic E-state index is -5.00. The molecule has 0 saturated heterocycles. The summed E-state index contributed by atoms with van der Waals surface area (Å²) in [5.74, 6) is -2.36. The molecule has 5 unspecified atom stereocenters. The maximum absolute atomic E-state index is 13.1. The number of ether oxygens (including phenoxy) is 4. The highest BCUT2D eigenvalue weighted by molar-refractivity contribution is 7.47. The third-order valence-electron chi connectivity index (χ3n) is 15.1. The van der Waals surface area contributed by atoms with Gasteiger partial charge in [0.15, 0.2) is 12.2 Å². The minimum Gasteiger partial charge on any atom is -0.462 e. The SMILES string of the molecule is CC/C=C\C/C=C\C/C=C\C/C=C\C/C=C\CC(=O)OCC(COP(=O)(O)OCC(O)COP(=O)(O)OCC(COC(=O)CCCCCCCCC/C=C\C/C=C\C/C=C\CC)OC(=O)CCCCCCC/C=C\C/C=C\CCCCC)OC(=O)CCCCCCC/C=C\CCCC. The quantitative estimate of drug-likeness (QED) is 0.0169. The number of aliphatic hydroxyl groups excluding tert-OH is 1. The summed E-state index contributed by atoms with van der Waals surface area (Å²) in [5.41, 5.74) is 0. The summed E-state index contributed by atoms with van der Waals surface area (Å²) in [6.45, 7) is 4.42. The molecule has 0 spiro atoms. The lowest BCUT2D eigenvalue weighted by Gasteiger charge is -2.21. The van der Waals surface area contributed by atoms with E-state index in [1.807, 2.05) is 18.2 Å². The zero-order valence-electron chi connectivity index (χ0n) is 60.9. The summed E-state index contributed by atoms with van der Waals surface area (Å²) in [5, 5.41) is 10.6. The number of rotatable bonds is 69. The molecule has 0 aliphatic carbocycles. The van der Waals surface area contributed by atoms with Gasteiger partial charge in [-0.2, -0.15) is 0 Å². The molecule has 0 aromatic heterocycles. The van der Waals surface area contributed by atoms with E-state index in [2.05, 4.69) is 137 Å². The van der Waals surface area contributed by atoms with Gasteiger partial charge in [0.05, 0.1) is 32.8 Å². The Morgan fingerprint density at radius 2 is 0.582 bits per heavy atom. The van der Waals surface area contributed by atoms with Crippen LogP contribution in [-0.4, -0.2) is 96.7 Å². The molecule has 560 valence electrons.